The molecule has 1 amide bonds. The average molecular weight is 347 g/mol. The van der Waals surface area contributed by atoms with Crippen molar-refractivity contribution in [2.45, 2.75) is 0 Å². The minimum absolute atomic E-state index is 0.000966. The zero-order valence-corrected chi connectivity index (χ0v) is 14.1. The van der Waals surface area contributed by atoms with Gasteiger partial charge in [-0.25, -0.2) is 9.50 Å². The molecule has 0 radical (unpaired) electrons. The van der Waals surface area contributed by atoms with Gasteiger partial charge >= 0.3 is 0 Å². The number of hydrogen-bond donors (Lipinski definition) is 1. The first-order valence-electron chi connectivity index (χ1n) is 8.58. The quantitative estimate of drug-likeness (QED) is 0.604. The van der Waals surface area contributed by atoms with Gasteiger partial charge in [0.05, 0.1) is 30.5 Å². The van der Waals surface area contributed by atoms with Crippen LogP contribution >= 0.6 is 0 Å². The molecular weight excluding hydrogens is 330 g/mol. The van der Waals surface area contributed by atoms with Crippen molar-refractivity contribution in [1.82, 2.24) is 24.5 Å². The smallest absolute Gasteiger partial charge is 0.257 e. The van der Waals surface area contributed by atoms with E-state index >= 15 is 0 Å². The minimum atomic E-state index is 0.000966. The number of hydrogen-bond acceptors (Lipinski definition) is 4. The van der Waals surface area contributed by atoms with E-state index in [-0.39, 0.29) is 5.91 Å². The van der Waals surface area contributed by atoms with Crippen LogP contribution in [0.3, 0.4) is 0 Å². The zero-order valence-electron chi connectivity index (χ0n) is 14.1. The second-order valence-electron chi connectivity index (χ2n) is 6.31. The highest BCUT2D eigenvalue weighted by molar-refractivity contribution is 6.02. The molecule has 5 rings (SSSR count). The fourth-order valence-corrected chi connectivity index (χ4v) is 3.44. The summed E-state index contributed by atoms with van der Waals surface area (Å²) in [7, 11) is 0. The monoisotopic (exact) mass is 347 g/mol. The number of morpholine rings is 1. The maximum Gasteiger partial charge on any atom is 0.257 e. The van der Waals surface area contributed by atoms with Gasteiger partial charge in [-0.3, -0.25) is 4.79 Å². The van der Waals surface area contributed by atoms with Crippen LogP contribution in [-0.4, -0.2) is 56.7 Å². The lowest BCUT2D eigenvalue weighted by Gasteiger charge is -2.26. The van der Waals surface area contributed by atoms with E-state index in [1.54, 1.807) is 16.9 Å². The Morgan fingerprint density at radius 1 is 1.23 bits per heavy atom. The first-order chi connectivity index (χ1) is 12.8. The summed E-state index contributed by atoms with van der Waals surface area (Å²) in [5.41, 5.74) is 4.35. The number of amides is 1. The van der Waals surface area contributed by atoms with Crippen LogP contribution in [0.4, 0.5) is 0 Å². The number of aromatic nitrogens is 4. The van der Waals surface area contributed by atoms with Gasteiger partial charge < -0.3 is 14.6 Å². The number of carbonyl (C=O) groups is 1. The molecule has 1 aliphatic heterocycles. The van der Waals surface area contributed by atoms with Gasteiger partial charge in [-0.2, -0.15) is 5.10 Å². The van der Waals surface area contributed by atoms with Crippen molar-refractivity contribution in [3.63, 3.8) is 0 Å². The molecule has 26 heavy (non-hydrogen) atoms. The molecule has 4 aromatic heterocycles. The van der Waals surface area contributed by atoms with Crippen LogP contribution < -0.4 is 0 Å². The Kier molecular flexibility index (Phi) is 3.46. The van der Waals surface area contributed by atoms with Gasteiger partial charge in [-0.05, 0) is 29.8 Å². The standard InChI is InChI=1S/C19H17N5O2/c25-19(23-6-8-26-9-7-23)16-12-22-24-5-3-13(10-17(16)24)15-11-21-18-14(15)2-1-4-20-18/h1-5,10-12H,6-9H2,(H,20,21). The van der Waals surface area contributed by atoms with E-state index in [4.69, 9.17) is 4.74 Å². The number of nitrogens with one attached hydrogen (secondary N) is 1. The fourth-order valence-electron chi connectivity index (χ4n) is 3.44. The van der Waals surface area contributed by atoms with Gasteiger partial charge in [0.2, 0.25) is 0 Å². The molecule has 0 aromatic carbocycles. The SMILES string of the molecule is O=C(c1cnn2ccc(-c3c[nH]c4ncccc34)cc12)N1CCOCC1. The van der Waals surface area contributed by atoms with Crippen LogP contribution in [0.1, 0.15) is 10.4 Å². The van der Waals surface area contributed by atoms with Crippen LogP contribution in [-0.2, 0) is 4.74 Å². The largest absolute Gasteiger partial charge is 0.378 e. The Morgan fingerprint density at radius 2 is 2.12 bits per heavy atom. The summed E-state index contributed by atoms with van der Waals surface area (Å²) in [5, 5.41) is 5.39. The molecular formula is C19H17N5O2. The summed E-state index contributed by atoms with van der Waals surface area (Å²) in [6, 6.07) is 7.97. The third-order valence-corrected chi connectivity index (χ3v) is 4.81. The Hall–Kier alpha value is -3.19. The van der Waals surface area contributed by atoms with E-state index in [0.29, 0.717) is 31.9 Å². The third kappa shape index (κ3) is 2.36. The summed E-state index contributed by atoms with van der Waals surface area (Å²) in [6.45, 7) is 2.39. The number of aromatic amines is 1. The number of ether oxygens (including phenoxy) is 1. The lowest BCUT2D eigenvalue weighted by Crippen LogP contribution is -2.40. The predicted octanol–water partition coefficient (Wildman–Crippen LogP) is 2.35. The minimum Gasteiger partial charge on any atom is -0.378 e. The Labute approximate surface area is 149 Å². The Bertz CT molecular complexity index is 1110. The van der Waals surface area contributed by atoms with Crippen molar-refractivity contribution in [2.75, 3.05) is 26.3 Å². The van der Waals surface area contributed by atoms with Crippen molar-refractivity contribution < 1.29 is 9.53 Å². The molecule has 1 saturated heterocycles. The number of H-pyrrole nitrogens is 1. The van der Waals surface area contributed by atoms with Crippen molar-refractivity contribution in [1.29, 1.82) is 0 Å². The Balaban J connectivity index is 1.60. The van der Waals surface area contributed by atoms with E-state index in [0.717, 1.165) is 27.7 Å². The molecule has 1 fully saturated rings. The van der Waals surface area contributed by atoms with Crippen LogP contribution in [0.25, 0.3) is 27.7 Å². The van der Waals surface area contributed by atoms with E-state index in [1.165, 1.54) is 0 Å². The second-order valence-corrected chi connectivity index (χ2v) is 6.31. The van der Waals surface area contributed by atoms with Crippen molar-refractivity contribution in [3.05, 3.63) is 54.6 Å². The van der Waals surface area contributed by atoms with E-state index < -0.39 is 0 Å². The number of fused-ring (bicyclic) bond motifs is 2. The van der Waals surface area contributed by atoms with Gasteiger partial charge in [0.25, 0.3) is 5.91 Å². The topological polar surface area (TPSA) is 75.5 Å². The number of pyridine rings is 2. The lowest BCUT2D eigenvalue weighted by atomic mass is 10.1. The highest BCUT2D eigenvalue weighted by Crippen LogP contribution is 2.29. The zero-order chi connectivity index (χ0) is 17.5. The molecule has 0 spiro atoms. The third-order valence-electron chi connectivity index (χ3n) is 4.81. The van der Waals surface area contributed by atoms with Crippen LogP contribution in [0.15, 0.2) is 49.1 Å². The van der Waals surface area contributed by atoms with Gasteiger partial charge in [0.15, 0.2) is 0 Å². The predicted molar refractivity (Wildman–Crippen MR) is 97.0 cm³/mol. The summed E-state index contributed by atoms with van der Waals surface area (Å²) >= 11 is 0. The number of nitrogens with zero attached hydrogens (tertiary/aromatic N) is 4. The maximum atomic E-state index is 12.9. The van der Waals surface area contributed by atoms with Gasteiger partial charge in [-0.1, -0.05) is 0 Å². The van der Waals surface area contributed by atoms with E-state index in [1.807, 2.05) is 41.6 Å². The van der Waals surface area contributed by atoms with Crippen molar-refractivity contribution in [2.24, 2.45) is 0 Å². The van der Waals surface area contributed by atoms with Crippen LogP contribution in [0, 0.1) is 0 Å². The van der Waals surface area contributed by atoms with Crippen molar-refractivity contribution >= 4 is 22.5 Å². The summed E-state index contributed by atoms with van der Waals surface area (Å²) < 4.78 is 7.08. The molecule has 4 aromatic rings. The highest BCUT2D eigenvalue weighted by atomic mass is 16.5. The van der Waals surface area contributed by atoms with E-state index in [2.05, 4.69) is 15.1 Å². The van der Waals surface area contributed by atoms with Crippen LogP contribution in [0.5, 0.6) is 0 Å². The van der Waals surface area contributed by atoms with Crippen LogP contribution in [0.2, 0.25) is 0 Å². The van der Waals surface area contributed by atoms with Gasteiger partial charge in [-0.15, -0.1) is 0 Å². The number of rotatable bonds is 2. The first kappa shape index (κ1) is 15.1. The molecule has 0 bridgehead atoms. The summed E-state index contributed by atoms with van der Waals surface area (Å²) in [4.78, 5) is 22.2. The summed E-state index contributed by atoms with van der Waals surface area (Å²) in [6.07, 6.45) is 7.24. The fraction of sp³-hybridized carbons (Fsp3) is 0.211. The maximum absolute atomic E-state index is 12.9. The molecule has 0 unspecified atom stereocenters. The lowest BCUT2D eigenvalue weighted by molar-refractivity contribution is 0.0304. The molecule has 1 aliphatic rings. The van der Waals surface area contributed by atoms with Crippen molar-refractivity contribution in [3.8, 4) is 11.1 Å². The number of carbonyl (C=O) groups excluding carboxylic acids is 1. The highest BCUT2D eigenvalue weighted by Gasteiger charge is 2.22. The molecule has 130 valence electrons. The molecule has 7 heteroatoms. The molecule has 0 atom stereocenters. The molecule has 0 aliphatic carbocycles. The van der Waals surface area contributed by atoms with E-state index in [9.17, 15) is 4.79 Å². The Morgan fingerprint density at radius 3 is 3.00 bits per heavy atom. The van der Waals surface area contributed by atoms with Gasteiger partial charge in [0.1, 0.15) is 5.65 Å². The molecule has 5 heterocycles. The normalized spacial score (nSPS) is 15.0. The molecule has 1 N–H and O–H groups in total. The molecule has 7 nitrogen and oxygen atoms in total. The summed E-state index contributed by atoms with van der Waals surface area (Å²) in [5.74, 6) is 0.000966. The molecule has 0 saturated carbocycles. The average Bonchev–Trinajstić information content (AvgIpc) is 3.32. The van der Waals surface area contributed by atoms with Gasteiger partial charge in [0, 0.05) is 42.6 Å². The first-order valence-corrected chi connectivity index (χ1v) is 8.58. The second kappa shape index (κ2) is 5.96.